The second kappa shape index (κ2) is 21.3. The van der Waals surface area contributed by atoms with Crippen molar-refractivity contribution in [3.63, 3.8) is 0 Å². The summed E-state index contributed by atoms with van der Waals surface area (Å²) in [5, 5.41) is 16.3. The van der Waals surface area contributed by atoms with Crippen LogP contribution in [-0.4, -0.2) is 21.6 Å². The number of allylic oxidation sites excluding steroid dienone is 3. The summed E-state index contributed by atoms with van der Waals surface area (Å²) in [4.78, 5) is 23.6. The summed E-state index contributed by atoms with van der Waals surface area (Å²) in [6, 6.07) is 58.4. The third kappa shape index (κ3) is 9.74. The molecule has 0 aliphatic carbocycles. The fourth-order valence-corrected chi connectivity index (χ4v) is 13.1. The van der Waals surface area contributed by atoms with Gasteiger partial charge in [-0.2, -0.15) is 13.2 Å². The zero-order chi connectivity index (χ0) is 46.4. The molecule has 1 N–H and O–H groups in total. The third-order valence-corrected chi connectivity index (χ3v) is 17.2. The Morgan fingerprint density at radius 1 is 0.621 bits per heavy atom. The molecule has 0 saturated heterocycles. The molecule has 0 aliphatic heterocycles. The van der Waals surface area contributed by atoms with Gasteiger partial charge in [0.25, 0.3) is 5.78 Å². The molecule has 7 aromatic carbocycles. The number of Topliss-reactive ketones (excluding diaryl/α,β-unsaturated/α-hetero) is 1. The van der Waals surface area contributed by atoms with E-state index in [2.05, 4.69) is 6.58 Å². The van der Waals surface area contributed by atoms with Crippen LogP contribution in [-0.2, 0) is 16.2 Å². The molecule has 333 valence electrons. The minimum absolute atomic E-state index is 0. The molecule has 0 spiro atoms. The van der Waals surface area contributed by atoms with Crippen molar-refractivity contribution in [2.45, 2.75) is 13.1 Å². The summed E-state index contributed by atoms with van der Waals surface area (Å²) >= 11 is 0. The van der Waals surface area contributed by atoms with Gasteiger partial charge >= 0.3 is 11.8 Å². The number of aromatic hydroxyl groups is 1. The van der Waals surface area contributed by atoms with Crippen molar-refractivity contribution in [2.75, 3.05) is 0 Å². The fourth-order valence-electron chi connectivity index (χ4n) is 7.74. The molecular weight excluding hydrogens is 1020 g/mol. The van der Waals surface area contributed by atoms with Gasteiger partial charge in [0.1, 0.15) is 5.75 Å². The number of benzene rings is 7. The van der Waals surface area contributed by atoms with Crippen LogP contribution in [0.4, 0.5) is 13.2 Å². The Morgan fingerprint density at radius 3 is 1.44 bits per heavy atom. The SMILES string of the molecule is C=C/C(=C\C)P(=O)(c1ccccc1)c1ccccc1.Cn1c2ccccc2c2c3oc(=O)c(C(=O)C(F)(F)F)c(O)c3ccc21.O=P(c1ccccc1)(c1ccccc1)c1ccccc1.[Eu]. The molecule has 7 nitrogen and oxygen atoms in total. The predicted octanol–water partition coefficient (Wildman–Crippen LogP) is 11.3. The first-order valence-corrected chi connectivity index (χ1v) is 23.7. The van der Waals surface area contributed by atoms with E-state index in [0.717, 1.165) is 37.4 Å². The van der Waals surface area contributed by atoms with Crippen molar-refractivity contribution in [1.29, 1.82) is 0 Å². The number of para-hydroxylation sites is 1. The van der Waals surface area contributed by atoms with Gasteiger partial charge in [-0.15, -0.1) is 0 Å². The van der Waals surface area contributed by atoms with Gasteiger partial charge in [-0.1, -0.05) is 189 Å². The number of halogens is 3. The molecule has 0 aliphatic rings. The van der Waals surface area contributed by atoms with Gasteiger partial charge in [0.15, 0.2) is 25.4 Å². The van der Waals surface area contributed by atoms with Crippen molar-refractivity contribution in [2.24, 2.45) is 7.05 Å². The summed E-state index contributed by atoms with van der Waals surface area (Å²) in [7, 11) is -3.78. The number of fused-ring (bicyclic) bond motifs is 5. The first-order chi connectivity index (χ1) is 31.3. The van der Waals surface area contributed by atoms with Crippen LogP contribution in [0, 0.1) is 49.4 Å². The maximum absolute atomic E-state index is 13.8. The Morgan fingerprint density at radius 2 is 1.03 bits per heavy atom. The smallest absolute Gasteiger partial charge is 0.455 e. The molecule has 0 unspecified atom stereocenters. The Hall–Kier alpha value is -5.67. The van der Waals surface area contributed by atoms with Gasteiger partial charge in [-0.05, 0) is 25.1 Å². The molecule has 66 heavy (non-hydrogen) atoms. The molecule has 0 fully saturated rings. The van der Waals surface area contributed by atoms with E-state index in [-0.39, 0.29) is 60.3 Å². The van der Waals surface area contributed by atoms with Gasteiger partial charge in [-0.25, -0.2) is 4.79 Å². The molecule has 0 atom stereocenters. The van der Waals surface area contributed by atoms with E-state index in [1.807, 2.05) is 181 Å². The normalized spacial score (nSPS) is 11.7. The number of hydrogen-bond donors (Lipinski definition) is 1. The second-order valence-electron chi connectivity index (χ2n) is 14.7. The molecule has 0 bridgehead atoms. The average Bonchev–Trinajstić information content (AvgIpc) is 3.64. The van der Waals surface area contributed by atoms with Crippen molar-refractivity contribution >= 4 is 79.4 Å². The van der Waals surface area contributed by atoms with Gasteiger partial charge in [0.2, 0.25) is 0 Å². The summed E-state index contributed by atoms with van der Waals surface area (Å²) in [5.74, 6) is -3.47. The Labute approximate surface area is 420 Å². The number of carbonyl (C=O) groups excluding carboxylic acids is 1. The van der Waals surface area contributed by atoms with Crippen LogP contribution in [0.1, 0.15) is 17.3 Å². The largest absolute Gasteiger partial charge is 0.506 e. The van der Waals surface area contributed by atoms with Crippen LogP contribution in [0.3, 0.4) is 0 Å². The predicted molar refractivity (Wildman–Crippen MR) is 258 cm³/mol. The number of ketones is 1. The molecule has 9 aromatic rings. The molecule has 0 amide bonds. The average molecular weight is 1060 g/mol. The van der Waals surface area contributed by atoms with Crippen LogP contribution in [0.2, 0.25) is 0 Å². The van der Waals surface area contributed by atoms with Crippen molar-refractivity contribution in [3.8, 4) is 5.75 Å². The minimum Gasteiger partial charge on any atom is -0.506 e. The number of hydrogen-bond acceptors (Lipinski definition) is 6. The maximum atomic E-state index is 13.8. The number of nitrogens with zero attached hydrogens (tertiary/aromatic N) is 1. The van der Waals surface area contributed by atoms with E-state index in [9.17, 15) is 37.0 Å². The number of carbonyl (C=O) groups is 1. The number of alkyl halides is 3. The molecule has 13 heteroatoms. The summed E-state index contributed by atoms with van der Waals surface area (Å²) in [5.41, 5.74) is -1.54. The molecule has 2 heterocycles. The van der Waals surface area contributed by atoms with Crippen LogP contribution >= 0.6 is 14.3 Å². The molecular formula is C53H42EuF3NO6P2. The first kappa shape index (κ1) is 49.8. The van der Waals surface area contributed by atoms with E-state index in [1.54, 1.807) is 31.3 Å². The van der Waals surface area contributed by atoms with Gasteiger partial charge in [0.05, 0.1) is 16.3 Å². The second-order valence-corrected chi connectivity index (χ2v) is 20.2. The Bertz CT molecular complexity index is 3190. The van der Waals surface area contributed by atoms with Gasteiger partial charge in [-0.3, -0.25) is 4.79 Å². The maximum Gasteiger partial charge on any atom is 0.455 e. The quantitative estimate of drug-likeness (QED) is 0.0703. The summed E-state index contributed by atoms with van der Waals surface area (Å²) < 4.78 is 72.5. The van der Waals surface area contributed by atoms with Crippen molar-refractivity contribution < 1.29 is 86.0 Å². The zero-order valence-corrected chi connectivity index (χ0v) is 39.8. The number of aromatic nitrogens is 1. The van der Waals surface area contributed by atoms with Gasteiger partial charge in [0, 0.05) is 99.2 Å². The van der Waals surface area contributed by atoms with Crippen LogP contribution < -0.4 is 32.1 Å². The van der Waals surface area contributed by atoms with Crippen LogP contribution in [0.25, 0.3) is 32.8 Å². The van der Waals surface area contributed by atoms with E-state index in [0.29, 0.717) is 16.3 Å². The number of aryl methyl sites for hydroxylation is 1. The fraction of sp³-hybridized carbons (Fsp3) is 0.0566. The minimum atomic E-state index is -5.30. The van der Waals surface area contributed by atoms with E-state index in [4.69, 9.17) is 4.42 Å². The summed E-state index contributed by atoms with van der Waals surface area (Å²) in [6.45, 7) is 5.71. The van der Waals surface area contributed by atoms with Crippen LogP contribution in [0.15, 0.2) is 221 Å². The van der Waals surface area contributed by atoms with Crippen LogP contribution in [0.5, 0.6) is 5.75 Å². The summed E-state index contributed by atoms with van der Waals surface area (Å²) in [6.07, 6.45) is -1.72. The van der Waals surface area contributed by atoms with E-state index < -0.39 is 43.2 Å². The van der Waals surface area contributed by atoms with E-state index in [1.165, 1.54) is 6.07 Å². The van der Waals surface area contributed by atoms with Gasteiger partial charge < -0.3 is 23.2 Å². The van der Waals surface area contributed by atoms with Crippen molar-refractivity contribution in [1.82, 2.24) is 4.57 Å². The standard InChI is InChI=1S/C18H10F3NO4.C18H15OP.C17H17OP.Eu/c1-22-10-5-3-2-4-8(10)12-11(22)7-6-9-14(23)13(16(24)18(19,20)21)17(25)26-15(9)12;19-20(16-10-4-1-5-11-16,17-12-6-2-7-13-17)18-14-8-3-9-15-18;1-3-15(4-2)19(18,16-11-7-5-8-12-16)17-13-9-6-10-14-17;/h2-7,23H,1H3;1-15H;3-14H,1H2,2H3;/b;;15-4+;. The Balaban J connectivity index is 0.000000165. The molecule has 2 aromatic heterocycles. The number of rotatable bonds is 8. The third-order valence-electron chi connectivity index (χ3n) is 10.9. The monoisotopic (exact) mass is 1060 g/mol. The topological polar surface area (TPSA) is 107 Å². The molecule has 0 saturated carbocycles. The van der Waals surface area contributed by atoms with E-state index >= 15 is 0 Å². The van der Waals surface area contributed by atoms with Crippen molar-refractivity contribution in [3.05, 3.63) is 228 Å². The first-order valence-electron chi connectivity index (χ1n) is 20.3. The molecule has 1 radical (unpaired) electrons. The Kier molecular flexibility index (Phi) is 16.1. The molecule has 9 rings (SSSR count). The zero-order valence-electron chi connectivity index (χ0n) is 35.6.